The number of nitrogens with one attached hydrogen (secondary N) is 1. The van der Waals surface area contributed by atoms with Gasteiger partial charge in [-0.3, -0.25) is 25.0 Å². The van der Waals surface area contributed by atoms with Gasteiger partial charge < -0.3 is 4.74 Å². The summed E-state index contributed by atoms with van der Waals surface area (Å²) in [5.74, 6) is 1.43. The van der Waals surface area contributed by atoms with Crippen molar-refractivity contribution >= 4 is 17.1 Å². The van der Waals surface area contributed by atoms with E-state index >= 15 is 0 Å². The Morgan fingerprint density at radius 1 is 0.969 bits per heavy atom. The summed E-state index contributed by atoms with van der Waals surface area (Å²) >= 11 is 0. The van der Waals surface area contributed by atoms with E-state index in [0.29, 0.717) is 34.1 Å². The first-order chi connectivity index (χ1) is 15.4. The number of hydrogen-bond acceptors (Lipinski definition) is 5. The van der Waals surface area contributed by atoms with Crippen molar-refractivity contribution in [1.82, 2.24) is 9.78 Å². The van der Waals surface area contributed by atoms with E-state index in [1.165, 1.54) is 28.9 Å². The summed E-state index contributed by atoms with van der Waals surface area (Å²) in [6.45, 7) is 3.56. The zero-order valence-corrected chi connectivity index (χ0v) is 17.5. The van der Waals surface area contributed by atoms with Crippen LogP contribution in [0.2, 0.25) is 0 Å². The minimum Gasteiger partial charge on any atom is -0.457 e. The van der Waals surface area contributed by atoms with Crippen molar-refractivity contribution in [3.05, 3.63) is 111 Å². The Labute approximate surface area is 183 Å². The number of aromatic nitrogens is 2. The van der Waals surface area contributed by atoms with Crippen LogP contribution in [-0.4, -0.2) is 20.4 Å². The van der Waals surface area contributed by atoms with Crippen molar-refractivity contribution in [2.24, 2.45) is 4.99 Å². The van der Waals surface area contributed by atoms with Gasteiger partial charge in [-0.25, -0.2) is 4.68 Å². The minimum atomic E-state index is -0.481. The predicted molar refractivity (Wildman–Crippen MR) is 123 cm³/mol. The second-order valence-corrected chi connectivity index (χ2v) is 7.13. The Kier molecular flexibility index (Phi) is 5.67. The molecule has 1 aromatic heterocycles. The Morgan fingerprint density at radius 2 is 1.59 bits per heavy atom. The highest BCUT2D eigenvalue weighted by molar-refractivity contribution is 6.01. The van der Waals surface area contributed by atoms with Crippen molar-refractivity contribution in [2.45, 2.75) is 13.8 Å². The second-order valence-electron chi connectivity index (χ2n) is 7.13. The van der Waals surface area contributed by atoms with Crippen LogP contribution in [0.5, 0.6) is 11.5 Å². The highest BCUT2D eigenvalue weighted by Crippen LogP contribution is 2.24. The molecule has 1 N–H and O–H groups in total. The van der Waals surface area contributed by atoms with E-state index in [-0.39, 0.29) is 11.2 Å². The molecule has 4 aromatic rings. The zero-order chi connectivity index (χ0) is 22.7. The Bertz CT molecular complexity index is 1340. The van der Waals surface area contributed by atoms with Gasteiger partial charge in [0.05, 0.1) is 27.6 Å². The molecule has 32 heavy (non-hydrogen) atoms. The van der Waals surface area contributed by atoms with Gasteiger partial charge in [-0.15, -0.1) is 0 Å². The molecule has 8 nitrogen and oxygen atoms in total. The van der Waals surface area contributed by atoms with Crippen molar-refractivity contribution in [2.75, 3.05) is 0 Å². The quantitative estimate of drug-likeness (QED) is 0.255. The van der Waals surface area contributed by atoms with E-state index in [2.05, 4.69) is 10.1 Å². The monoisotopic (exact) mass is 428 g/mol. The number of benzene rings is 3. The third-order valence-corrected chi connectivity index (χ3v) is 4.86. The second kappa shape index (κ2) is 8.73. The molecule has 0 atom stereocenters. The predicted octanol–water partition coefficient (Wildman–Crippen LogP) is 5.32. The summed E-state index contributed by atoms with van der Waals surface area (Å²) < 4.78 is 7.14. The van der Waals surface area contributed by atoms with E-state index in [1.54, 1.807) is 13.8 Å². The number of H-pyrrole nitrogens is 1. The third-order valence-electron chi connectivity index (χ3n) is 4.86. The molecule has 0 aliphatic heterocycles. The molecule has 0 aliphatic carbocycles. The molecular formula is C24H20N4O4. The van der Waals surface area contributed by atoms with E-state index in [1.807, 2.05) is 54.6 Å². The highest BCUT2D eigenvalue weighted by atomic mass is 16.6. The summed E-state index contributed by atoms with van der Waals surface area (Å²) in [4.78, 5) is 28.0. The molecule has 1 heterocycles. The van der Waals surface area contributed by atoms with Gasteiger partial charge in [0.25, 0.3) is 11.2 Å². The third kappa shape index (κ3) is 4.34. The molecule has 0 aliphatic rings. The lowest BCUT2D eigenvalue weighted by Gasteiger charge is -2.05. The van der Waals surface area contributed by atoms with E-state index < -0.39 is 4.92 Å². The number of aliphatic imine (C=N–C) groups is 1. The van der Waals surface area contributed by atoms with Crippen LogP contribution < -0.4 is 10.3 Å². The number of non-ortho nitro benzene ring substituents is 1. The summed E-state index contributed by atoms with van der Waals surface area (Å²) in [7, 11) is 0. The van der Waals surface area contributed by atoms with Crippen molar-refractivity contribution in [1.29, 1.82) is 0 Å². The molecule has 0 bridgehead atoms. The molecule has 0 amide bonds. The van der Waals surface area contributed by atoms with Crippen LogP contribution in [0.25, 0.3) is 5.69 Å². The number of para-hydroxylation sites is 1. The van der Waals surface area contributed by atoms with Gasteiger partial charge in [0.1, 0.15) is 11.5 Å². The van der Waals surface area contributed by atoms with Gasteiger partial charge in [0, 0.05) is 17.8 Å². The number of aromatic amines is 1. The molecule has 0 saturated carbocycles. The zero-order valence-electron chi connectivity index (χ0n) is 17.5. The molecule has 0 radical (unpaired) electrons. The van der Waals surface area contributed by atoms with Crippen LogP contribution >= 0.6 is 0 Å². The van der Waals surface area contributed by atoms with Gasteiger partial charge in [-0.2, -0.15) is 0 Å². The van der Waals surface area contributed by atoms with Crippen LogP contribution in [0.1, 0.15) is 18.2 Å². The Hall–Kier alpha value is -4.46. The smallest absolute Gasteiger partial charge is 0.280 e. The van der Waals surface area contributed by atoms with Gasteiger partial charge in [0.15, 0.2) is 0 Å². The van der Waals surface area contributed by atoms with Crippen LogP contribution in [-0.2, 0) is 0 Å². The van der Waals surface area contributed by atoms with Crippen molar-refractivity contribution < 1.29 is 9.66 Å². The molecule has 3 aromatic carbocycles. The average molecular weight is 428 g/mol. The van der Waals surface area contributed by atoms with Crippen LogP contribution in [0.4, 0.5) is 11.4 Å². The average Bonchev–Trinajstić information content (AvgIpc) is 3.10. The molecule has 8 heteroatoms. The van der Waals surface area contributed by atoms with Crippen molar-refractivity contribution in [3.8, 4) is 17.2 Å². The van der Waals surface area contributed by atoms with Crippen molar-refractivity contribution in [3.63, 3.8) is 0 Å². The number of nitro groups is 1. The molecule has 0 fully saturated rings. The number of nitro benzene ring substituents is 1. The lowest BCUT2D eigenvalue weighted by molar-refractivity contribution is -0.384. The SMILES string of the molecule is CC(=Nc1ccc(Oc2ccccc2)cc1)c1c(C)[nH]n(-c2ccc([N+](=O)[O-])cc2)c1=O. The maximum Gasteiger partial charge on any atom is 0.280 e. The molecular weight excluding hydrogens is 408 g/mol. The lowest BCUT2D eigenvalue weighted by atomic mass is 10.1. The van der Waals surface area contributed by atoms with Crippen LogP contribution in [0.15, 0.2) is 88.6 Å². The first kappa shape index (κ1) is 20.8. The Balaban J connectivity index is 1.58. The first-order valence-corrected chi connectivity index (χ1v) is 9.87. The molecule has 0 spiro atoms. The lowest BCUT2D eigenvalue weighted by Crippen LogP contribution is -2.19. The first-order valence-electron chi connectivity index (χ1n) is 9.87. The molecule has 160 valence electrons. The van der Waals surface area contributed by atoms with Crippen LogP contribution in [0, 0.1) is 17.0 Å². The number of nitrogens with zero attached hydrogens (tertiary/aromatic N) is 3. The summed E-state index contributed by atoms with van der Waals surface area (Å²) in [6.07, 6.45) is 0. The fourth-order valence-electron chi connectivity index (χ4n) is 3.34. The molecule has 0 saturated heterocycles. The number of rotatable bonds is 6. The van der Waals surface area contributed by atoms with E-state index in [4.69, 9.17) is 4.74 Å². The van der Waals surface area contributed by atoms with Gasteiger partial charge in [-0.1, -0.05) is 18.2 Å². The minimum absolute atomic E-state index is 0.0391. The fraction of sp³-hybridized carbons (Fsp3) is 0.0833. The fourth-order valence-corrected chi connectivity index (χ4v) is 3.34. The maximum atomic E-state index is 13.0. The largest absolute Gasteiger partial charge is 0.457 e. The normalized spacial score (nSPS) is 11.4. The Morgan fingerprint density at radius 3 is 2.22 bits per heavy atom. The number of aryl methyl sites for hydroxylation is 1. The van der Waals surface area contributed by atoms with E-state index in [0.717, 1.165) is 5.75 Å². The van der Waals surface area contributed by atoms with E-state index in [9.17, 15) is 14.9 Å². The number of ether oxygens (including phenoxy) is 1. The van der Waals surface area contributed by atoms with Gasteiger partial charge >= 0.3 is 0 Å². The highest BCUT2D eigenvalue weighted by Gasteiger charge is 2.16. The summed E-state index contributed by atoms with van der Waals surface area (Å²) in [5.41, 5.74) is 2.53. The van der Waals surface area contributed by atoms with Crippen LogP contribution in [0.3, 0.4) is 0 Å². The molecule has 4 rings (SSSR count). The van der Waals surface area contributed by atoms with Gasteiger partial charge in [0.2, 0.25) is 0 Å². The topological polar surface area (TPSA) is 103 Å². The maximum absolute atomic E-state index is 13.0. The standard InChI is InChI=1S/C24H20N4O4/c1-16(25-18-8-14-22(15-9-18)32-21-6-4-3-5-7-21)23-17(2)26-27(24(23)29)19-10-12-20(13-11-19)28(30)31/h3-15,26H,1-2H3. The molecule has 0 unspecified atom stereocenters. The number of hydrogen-bond donors (Lipinski definition) is 1. The van der Waals surface area contributed by atoms with Gasteiger partial charge in [-0.05, 0) is 62.4 Å². The summed E-state index contributed by atoms with van der Waals surface area (Å²) in [6, 6.07) is 22.5. The summed E-state index contributed by atoms with van der Waals surface area (Å²) in [5, 5.41) is 13.9.